The van der Waals surface area contributed by atoms with E-state index in [1.165, 1.54) is 37.8 Å². The first-order valence-corrected chi connectivity index (χ1v) is 10.0. The molecule has 0 fully saturated rings. The summed E-state index contributed by atoms with van der Waals surface area (Å²) in [6, 6.07) is 18.4. The SMILES string of the molecule is CC.CC(C)=O.CCCC.CCc1ccc(OC)cc1.Cc1ccccc1. The van der Waals surface area contributed by atoms with Gasteiger partial charge in [-0.25, -0.2) is 0 Å². The number of methoxy groups -OCH3 is 1. The van der Waals surface area contributed by atoms with Gasteiger partial charge in [-0.15, -0.1) is 0 Å². The third-order valence-corrected chi connectivity index (χ3v) is 3.01. The summed E-state index contributed by atoms with van der Waals surface area (Å²) in [6.45, 7) is 15.6. The van der Waals surface area contributed by atoms with Crippen molar-refractivity contribution in [3.8, 4) is 5.75 Å². The summed E-state index contributed by atoms with van der Waals surface area (Å²) < 4.78 is 5.01. The molecule has 0 aliphatic heterocycles. The van der Waals surface area contributed by atoms with E-state index in [0.29, 0.717) is 0 Å². The van der Waals surface area contributed by atoms with E-state index in [-0.39, 0.29) is 5.78 Å². The molecule has 0 N–H and O–H groups in total. The Balaban J connectivity index is -0.000000297. The van der Waals surface area contributed by atoms with Crippen molar-refractivity contribution >= 4 is 5.78 Å². The fraction of sp³-hybridized carbons (Fsp3) is 0.480. The summed E-state index contributed by atoms with van der Waals surface area (Å²) in [4.78, 5) is 9.44. The second-order valence-corrected chi connectivity index (χ2v) is 5.76. The maximum atomic E-state index is 9.44. The van der Waals surface area contributed by atoms with Gasteiger partial charge in [0.05, 0.1) is 7.11 Å². The van der Waals surface area contributed by atoms with Crippen LogP contribution in [0.5, 0.6) is 5.75 Å². The van der Waals surface area contributed by atoms with Crippen LogP contribution in [0, 0.1) is 6.92 Å². The molecule has 0 aromatic heterocycles. The van der Waals surface area contributed by atoms with Crippen molar-refractivity contribution in [2.45, 2.75) is 74.7 Å². The van der Waals surface area contributed by atoms with Crippen LogP contribution in [0.15, 0.2) is 54.6 Å². The van der Waals surface area contributed by atoms with Crippen molar-refractivity contribution in [1.29, 1.82) is 0 Å². The number of ether oxygens (including phenoxy) is 1. The van der Waals surface area contributed by atoms with Crippen LogP contribution in [-0.2, 0) is 11.2 Å². The van der Waals surface area contributed by atoms with Crippen LogP contribution in [-0.4, -0.2) is 12.9 Å². The predicted molar refractivity (Wildman–Crippen MR) is 122 cm³/mol. The molecular weight excluding hydrogens is 332 g/mol. The van der Waals surface area contributed by atoms with Crippen LogP contribution < -0.4 is 4.74 Å². The number of Topliss-reactive ketones (excluding diaryl/α,β-unsaturated/α-hetero) is 1. The second kappa shape index (κ2) is 23.9. The molecule has 0 spiro atoms. The van der Waals surface area contributed by atoms with Crippen LogP contribution in [0.2, 0.25) is 0 Å². The Hall–Kier alpha value is -2.09. The molecule has 0 aliphatic rings. The highest BCUT2D eigenvalue weighted by Crippen LogP contribution is 2.10. The van der Waals surface area contributed by atoms with E-state index in [9.17, 15) is 4.79 Å². The van der Waals surface area contributed by atoms with Gasteiger partial charge in [0.15, 0.2) is 0 Å². The molecule has 2 heteroatoms. The summed E-state index contributed by atoms with van der Waals surface area (Å²) in [5.41, 5.74) is 2.67. The average molecular weight is 375 g/mol. The first-order valence-electron chi connectivity index (χ1n) is 10.0. The molecular formula is C25H42O2. The minimum atomic E-state index is 0.167. The lowest BCUT2D eigenvalue weighted by Crippen LogP contribution is -1.83. The van der Waals surface area contributed by atoms with Crippen LogP contribution in [0.3, 0.4) is 0 Å². The monoisotopic (exact) mass is 374 g/mol. The van der Waals surface area contributed by atoms with Gasteiger partial charge < -0.3 is 9.53 Å². The Morgan fingerprint density at radius 3 is 1.44 bits per heavy atom. The molecule has 27 heavy (non-hydrogen) atoms. The molecule has 2 aromatic carbocycles. The van der Waals surface area contributed by atoms with E-state index in [1.807, 2.05) is 44.2 Å². The zero-order valence-electron chi connectivity index (χ0n) is 19.1. The molecule has 0 heterocycles. The second-order valence-electron chi connectivity index (χ2n) is 5.76. The molecule has 0 saturated carbocycles. The first kappa shape index (κ1) is 29.7. The van der Waals surface area contributed by atoms with Gasteiger partial charge in [0.1, 0.15) is 11.5 Å². The van der Waals surface area contributed by atoms with Crippen molar-refractivity contribution in [1.82, 2.24) is 0 Å². The highest BCUT2D eigenvalue weighted by atomic mass is 16.5. The standard InChI is InChI=1S/C9H12O.C7H8.C4H10.C3H6O.C2H6/c1-3-8-4-6-9(10-2)7-5-8;1-7-5-3-2-4-6-7;1-3-4-2;1-3(2)4;1-2/h4-7H,3H2,1-2H3;2-6H,1H3;3-4H2,1-2H3;1-2H3;1-2H3. The molecule has 2 rings (SSSR count). The Kier molecular flexibility index (Phi) is 26.3. The summed E-state index contributed by atoms with van der Waals surface area (Å²) in [5.74, 6) is 1.09. The topological polar surface area (TPSA) is 26.3 Å². The van der Waals surface area contributed by atoms with Gasteiger partial charge in [-0.3, -0.25) is 0 Å². The number of hydrogen-bond donors (Lipinski definition) is 0. The van der Waals surface area contributed by atoms with Gasteiger partial charge in [0.2, 0.25) is 0 Å². The van der Waals surface area contributed by atoms with E-state index in [4.69, 9.17) is 4.74 Å². The van der Waals surface area contributed by atoms with E-state index in [1.54, 1.807) is 7.11 Å². The first-order chi connectivity index (χ1) is 12.9. The van der Waals surface area contributed by atoms with Crippen molar-refractivity contribution in [3.63, 3.8) is 0 Å². The van der Waals surface area contributed by atoms with Gasteiger partial charge in [0.25, 0.3) is 0 Å². The van der Waals surface area contributed by atoms with E-state index >= 15 is 0 Å². The molecule has 0 bridgehead atoms. The average Bonchev–Trinajstić information content (AvgIpc) is 2.70. The predicted octanol–water partition coefficient (Wildman–Crippen LogP) is 7.68. The minimum Gasteiger partial charge on any atom is -0.497 e. The molecule has 0 radical (unpaired) electrons. The van der Waals surface area contributed by atoms with Crippen molar-refractivity contribution in [3.05, 3.63) is 65.7 Å². The van der Waals surface area contributed by atoms with Crippen LogP contribution in [0.1, 0.15) is 72.4 Å². The maximum Gasteiger partial charge on any atom is 0.126 e. The van der Waals surface area contributed by atoms with Gasteiger partial charge in [0, 0.05) is 0 Å². The summed E-state index contributed by atoms with van der Waals surface area (Å²) in [7, 11) is 1.68. The van der Waals surface area contributed by atoms with Gasteiger partial charge in [-0.2, -0.15) is 0 Å². The fourth-order valence-electron chi connectivity index (χ4n) is 1.40. The van der Waals surface area contributed by atoms with Crippen molar-refractivity contribution in [2.24, 2.45) is 0 Å². The van der Waals surface area contributed by atoms with Crippen molar-refractivity contribution in [2.75, 3.05) is 7.11 Å². The summed E-state index contributed by atoms with van der Waals surface area (Å²) >= 11 is 0. The molecule has 0 saturated heterocycles. The van der Waals surface area contributed by atoms with Gasteiger partial charge in [-0.1, -0.05) is 95.5 Å². The van der Waals surface area contributed by atoms with Gasteiger partial charge in [-0.05, 0) is 44.9 Å². The normalized spacial score (nSPS) is 8.04. The molecule has 0 atom stereocenters. The summed E-state index contributed by atoms with van der Waals surface area (Å²) in [5, 5.41) is 0. The Labute approximate surface area is 169 Å². The molecule has 2 aromatic rings. The maximum absolute atomic E-state index is 9.44. The lowest BCUT2D eigenvalue weighted by atomic mass is 10.2. The van der Waals surface area contributed by atoms with E-state index < -0.39 is 0 Å². The third-order valence-electron chi connectivity index (χ3n) is 3.01. The highest BCUT2D eigenvalue weighted by Gasteiger charge is 1.89. The number of aryl methyl sites for hydroxylation is 2. The third kappa shape index (κ3) is 26.3. The number of hydrogen-bond acceptors (Lipinski definition) is 2. The number of ketones is 1. The molecule has 0 aliphatic carbocycles. The number of unbranched alkanes of at least 4 members (excludes halogenated alkanes) is 1. The molecule has 0 amide bonds. The molecule has 154 valence electrons. The lowest BCUT2D eigenvalue weighted by Gasteiger charge is -1.99. The molecule has 0 unspecified atom stereocenters. The van der Waals surface area contributed by atoms with Crippen LogP contribution >= 0.6 is 0 Å². The quantitative estimate of drug-likeness (QED) is 0.550. The van der Waals surface area contributed by atoms with Crippen molar-refractivity contribution < 1.29 is 9.53 Å². The minimum absolute atomic E-state index is 0.167. The number of benzene rings is 2. The Morgan fingerprint density at radius 2 is 1.22 bits per heavy atom. The number of carbonyl (C=O) groups excluding carboxylic acids is 1. The largest absolute Gasteiger partial charge is 0.497 e. The number of rotatable bonds is 3. The lowest BCUT2D eigenvalue weighted by molar-refractivity contribution is -0.114. The zero-order chi connectivity index (χ0) is 21.5. The van der Waals surface area contributed by atoms with E-state index in [2.05, 4.69) is 52.0 Å². The van der Waals surface area contributed by atoms with Gasteiger partial charge >= 0.3 is 0 Å². The Morgan fingerprint density at radius 1 is 0.815 bits per heavy atom. The fourth-order valence-corrected chi connectivity index (χ4v) is 1.40. The van der Waals surface area contributed by atoms with Crippen LogP contribution in [0.25, 0.3) is 0 Å². The smallest absolute Gasteiger partial charge is 0.126 e. The van der Waals surface area contributed by atoms with E-state index in [0.717, 1.165) is 12.2 Å². The molecule has 2 nitrogen and oxygen atoms in total. The number of carbonyl (C=O) groups is 1. The summed E-state index contributed by atoms with van der Waals surface area (Å²) in [6.07, 6.45) is 3.73. The zero-order valence-corrected chi connectivity index (χ0v) is 19.1. The van der Waals surface area contributed by atoms with Crippen LogP contribution in [0.4, 0.5) is 0 Å². The highest BCUT2D eigenvalue weighted by molar-refractivity contribution is 5.72. The Bertz CT molecular complexity index is 487.